The number of rotatable bonds is 3. The van der Waals surface area contributed by atoms with Crippen molar-refractivity contribution in [2.24, 2.45) is 0 Å². The van der Waals surface area contributed by atoms with Gasteiger partial charge in [-0.1, -0.05) is 23.2 Å². The maximum absolute atomic E-state index is 12.5. The normalized spacial score (nSPS) is 14.3. The van der Waals surface area contributed by atoms with Crippen LogP contribution >= 0.6 is 23.2 Å². The molecule has 3 N–H and O–H groups in total. The fraction of sp³-hybridized carbons (Fsp3) is 0.158. The molecule has 6 nitrogen and oxygen atoms in total. The van der Waals surface area contributed by atoms with E-state index in [2.05, 4.69) is 15.6 Å². The van der Waals surface area contributed by atoms with Crippen molar-refractivity contribution >= 4 is 57.3 Å². The number of piperazine rings is 1. The summed E-state index contributed by atoms with van der Waals surface area (Å²) in [7, 11) is 0. The zero-order valence-corrected chi connectivity index (χ0v) is 15.7. The van der Waals surface area contributed by atoms with E-state index in [1.165, 1.54) is 0 Å². The molecule has 2 amide bonds. The molecule has 3 aromatic rings. The number of nitrogens with zero attached hydrogens (tertiary/aromatic N) is 1. The summed E-state index contributed by atoms with van der Waals surface area (Å²) in [5, 5.41) is 7.56. The molecule has 1 fully saturated rings. The van der Waals surface area contributed by atoms with Crippen LogP contribution in [0.2, 0.25) is 10.0 Å². The van der Waals surface area contributed by atoms with Gasteiger partial charge in [-0.05, 0) is 42.5 Å². The van der Waals surface area contributed by atoms with E-state index in [1.807, 2.05) is 17.0 Å². The molecular formula is C19H16Cl2N4O2. The Morgan fingerprint density at radius 1 is 1.11 bits per heavy atom. The molecule has 2 heterocycles. The minimum atomic E-state index is -0.275. The molecule has 4 rings (SSSR count). The number of aromatic amines is 1. The SMILES string of the molecule is O=C1CN(c2ccc(NC(=O)c3cc4cc(Cl)ccc4[nH]3)cc2Cl)CCN1. The first kappa shape index (κ1) is 17.7. The molecule has 0 aliphatic carbocycles. The Balaban J connectivity index is 1.52. The van der Waals surface area contributed by atoms with Gasteiger partial charge in [-0.3, -0.25) is 9.59 Å². The summed E-state index contributed by atoms with van der Waals surface area (Å²) < 4.78 is 0. The average molecular weight is 403 g/mol. The predicted octanol–water partition coefficient (Wildman–Crippen LogP) is 3.66. The Morgan fingerprint density at radius 2 is 1.96 bits per heavy atom. The highest BCUT2D eigenvalue weighted by molar-refractivity contribution is 6.33. The number of hydrogen-bond donors (Lipinski definition) is 3. The molecule has 0 radical (unpaired) electrons. The number of carbonyl (C=O) groups is 2. The van der Waals surface area contributed by atoms with E-state index >= 15 is 0 Å². The molecule has 8 heteroatoms. The number of anilines is 2. The zero-order chi connectivity index (χ0) is 19.0. The van der Waals surface area contributed by atoms with Gasteiger partial charge in [0.2, 0.25) is 5.91 Å². The minimum Gasteiger partial charge on any atom is -0.359 e. The molecule has 2 aromatic carbocycles. The zero-order valence-electron chi connectivity index (χ0n) is 14.2. The van der Waals surface area contributed by atoms with Crippen molar-refractivity contribution in [1.29, 1.82) is 0 Å². The Hall–Kier alpha value is -2.70. The Bertz CT molecular complexity index is 1050. The van der Waals surface area contributed by atoms with Crippen LogP contribution in [-0.2, 0) is 4.79 Å². The molecule has 1 saturated heterocycles. The van der Waals surface area contributed by atoms with Crippen molar-refractivity contribution in [1.82, 2.24) is 10.3 Å². The van der Waals surface area contributed by atoms with Gasteiger partial charge in [0, 0.05) is 34.7 Å². The third-order valence-corrected chi connectivity index (χ3v) is 4.95. The van der Waals surface area contributed by atoms with E-state index in [0.717, 1.165) is 16.6 Å². The molecule has 0 bridgehead atoms. The van der Waals surface area contributed by atoms with Gasteiger partial charge < -0.3 is 20.5 Å². The van der Waals surface area contributed by atoms with Crippen molar-refractivity contribution in [3.63, 3.8) is 0 Å². The lowest BCUT2D eigenvalue weighted by atomic mass is 10.2. The van der Waals surface area contributed by atoms with E-state index in [-0.39, 0.29) is 18.4 Å². The van der Waals surface area contributed by atoms with Crippen molar-refractivity contribution in [2.45, 2.75) is 0 Å². The topological polar surface area (TPSA) is 77.2 Å². The maximum Gasteiger partial charge on any atom is 0.272 e. The number of hydrogen-bond acceptors (Lipinski definition) is 3. The van der Waals surface area contributed by atoms with Crippen LogP contribution in [0.25, 0.3) is 10.9 Å². The molecule has 1 aliphatic heterocycles. The molecule has 0 saturated carbocycles. The van der Waals surface area contributed by atoms with Crippen molar-refractivity contribution < 1.29 is 9.59 Å². The third-order valence-electron chi connectivity index (χ3n) is 4.41. The number of nitrogens with one attached hydrogen (secondary N) is 3. The summed E-state index contributed by atoms with van der Waals surface area (Å²) in [5.41, 5.74) is 2.61. The van der Waals surface area contributed by atoms with E-state index in [0.29, 0.717) is 34.5 Å². The first-order valence-corrected chi connectivity index (χ1v) is 9.16. The van der Waals surface area contributed by atoms with Crippen molar-refractivity contribution in [3.05, 3.63) is 58.2 Å². The number of halogens is 2. The minimum absolute atomic E-state index is 0.0337. The number of carbonyl (C=O) groups excluding carboxylic acids is 2. The van der Waals surface area contributed by atoms with Crippen molar-refractivity contribution in [2.75, 3.05) is 29.9 Å². The standard InChI is InChI=1S/C19H16Cl2N4O2/c20-12-1-3-15-11(7-12)8-16(24-15)19(27)23-13-2-4-17(14(21)9-13)25-6-5-22-18(26)10-25/h1-4,7-9,24H,5-6,10H2,(H,22,26)(H,23,27). The second-order valence-electron chi connectivity index (χ2n) is 6.31. The first-order valence-electron chi connectivity index (χ1n) is 8.40. The molecule has 0 unspecified atom stereocenters. The van der Waals surface area contributed by atoms with Gasteiger partial charge in [-0.15, -0.1) is 0 Å². The van der Waals surface area contributed by atoms with Gasteiger partial charge in [-0.2, -0.15) is 0 Å². The van der Waals surface area contributed by atoms with Gasteiger partial charge in [0.15, 0.2) is 0 Å². The van der Waals surface area contributed by atoms with Gasteiger partial charge in [0.25, 0.3) is 5.91 Å². The molecular weight excluding hydrogens is 387 g/mol. The van der Waals surface area contributed by atoms with E-state index in [9.17, 15) is 9.59 Å². The lowest BCUT2D eigenvalue weighted by Gasteiger charge is -2.29. The second-order valence-corrected chi connectivity index (χ2v) is 7.15. The number of aromatic nitrogens is 1. The Kier molecular flexibility index (Phi) is 4.68. The lowest BCUT2D eigenvalue weighted by molar-refractivity contribution is -0.120. The Morgan fingerprint density at radius 3 is 2.74 bits per heavy atom. The number of fused-ring (bicyclic) bond motifs is 1. The smallest absolute Gasteiger partial charge is 0.272 e. The molecule has 0 atom stereocenters. The van der Waals surface area contributed by atoms with E-state index < -0.39 is 0 Å². The largest absolute Gasteiger partial charge is 0.359 e. The fourth-order valence-corrected chi connectivity index (χ4v) is 3.59. The monoisotopic (exact) mass is 402 g/mol. The van der Waals surface area contributed by atoms with Crippen LogP contribution in [0.1, 0.15) is 10.5 Å². The molecule has 1 aromatic heterocycles. The van der Waals surface area contributed by atoms with E-state index in [4.69, 9.17) is 23.2 Å². The maximum atomic E-state index is 12.5. The molecule has 1 aliphatic rings. The summed E-state index contributed by atoms with van der Waals surface area (Å²) >= 11 is 12.4. The summed E-state index contributed by atoms with van der Waals surface area (Å²) in [6, 6.07) is 12.4. The third kappa shape index (κ3) is 3.72. The predicted molar refractivity (Wildman–Crippen MR) is 108 cm³/mol. The van der Waals surface area contributed by atoms with Crippen LogP contribution in [0, 0.1) is 0 Å². The second kappa shape index (κ2) is 7.13. The van der Waals surface area contributed by atoms with Crippen LogP contribution in [0.4, 0.5) is 11.4 Å². The quantitative estimate of drug-likeness (QED) is 0.625. The van der Waals surface area contributed by atoms with Crippen LogP contribution in [0.3, 0.4) is 0 Å². The number of H-pyrrole nitrogens is 1. The number of amides is 2. The Labute approximate surface area is 165 Å². The highest BCUT2D eigenvalue weighted by Crippen LogP contribution is 2.29. The van der Waals surface area contributed by atoms with Crippen LogP contribution < -0.4 is 15.5 Å². The highest BCUT2D eigenvalue weighted by Gasteiger charge is 2.19. The van der Waals surface area contributed by atoms with Crippen LogP contribution in [0.5, 0.6) is 0 Å². The molecule has 0 spiro atoms. The summed E-state index contributed by atoms with van der Waals surface area (Å²) in [6.07, 6.45) is 0. The van der Waals surface area contributed by atoms with Gasteiger partial charge in [0.1, 0.15) is 5.69 Å². The van der Waals surface area contributed by atoms with Gasteiger partial charge in [-0.25, -0.2) is 0 Å². The molecule has 138 valence electrons. The summed E-state index contributed by atoms with van der Waals surface area (Å²) in [5.74, 6) is -0.308. The van der Waals surface area contributed by atoms with Crippen LogP contribution in [-0.4, -0.2) is 36.4 Å². The fourth-order valence-electron chi connectivity index (χ4n) is 3.11. The van der Waals surface area contributed by atoms with Gasteiger partial charge in [0.05, 0.1) is 17.3 Å². The van der Waals surface area contributed by atoms with E-state index in [1.54, 1.807) is 30.3 Å². The average Bonchev–Trinajstić information content (AvgIpc) is 3.05. The lowest BCUT2D eigenvalue weighted by Crippen LogP contribution is -2.47. The summed E-state index contributed by atoms with van der Waals surface area (Å²) in [4.78, 5) is 29.1. The first-order chi connectivity index (χ1) is 13.0. The van der Waals surface area contributed by atoms with Crippen molar-refractivity contribution in [3.8, 4) is 0 Å². The van der Waals surface area contributed by atoms with Gasteiger partial charge >= 0.3 is 0 Å². The number of benzene rings is 2. The highest BCUT2D eigenvalue weighted by atomic mass is 35.5. The summed E-state index contributed by atoms with van der Waals surface area (Å²) in [6.45, 7) is 1.54. The van der Waals surface area contributed by atoms with Crippen LogP contribution in [0.15, 0.2) is 42.5 Å². The molecule has 27 heavy (non-hydrogen) atoms.